The number of hydrogen-bond acceptors (Lipinski definition) is 4. The number of benzene rings is 1. The maximum Gasteiger partial charge on any atom is 0.410 e. The minimum atomic E-state index is -0.481. The summed E-state index contributed by atoms with van der Waals surface area (Å²) in [5.41, 5.74) is 3.12. The van der Waals surface area contributed by atoms with Crippen molar-refractivity contribution < 1.29 is 14.6 Å². The van der Waals surface area contributed by atoms with Crippen LogP contribution in [0.1, 0.15) is 64.5 Å². The van der Waals surface area contributed by atoms with E-state index in [1.54, 1.807) is 0 Å². The summed E-state index contributed by atoms with van der Waals surface area (Å²) in [4.78, 5) is 19.2. The lowest BCUT2D eigenvalue weighted by Crippen LogP contribution is -2.62. The highest BCUT2D eigenvalue weighted by molar-refractivity contribution is 5.70. The lowest BCUT2D eigenvalue weighted by atomic mass is 9.51. The molecule has 1 N–H and O–H groups in total. The number of aromatic nitrogens is 2. The van der Waals surface area contributed by atoms with Gasteiger partial charge in [0.2, 0.25) is 0 Å². The van der Waals surface area contributed by atoms with E-state index in [0.29, 0.717) is 0 Å². The summed E-state index contributed by atoms with van der Waals surface area (Å²) >= 11 is 0. The van der Waals surface area contributed by atoms with Gasteiger partial charge >= 0.3 is 6.09 Å². The van der Waals surface area contributed by atoms with Crippen LogP contribution >= 0.6 is 0 Å². The number of amides is 1. The molecule has 2 bridgehead atoms. The molecule has 1 aromatic carbocycles. The molecule has 4 heterocycles. The van der Waals surface area contributed by atoms with Crippen molar-refractivity contribution in [3.05, 3.63) is 42.4 Å². The van der Waals surface area contributed by atoms with Gasteiger partial charge < -0.3 is 19.3 Å². The molecule has 1 saturated carbocycles. The number of carbonyl (C=O) groups excluding carboxylic acids is 1. The second-order valence-corrected chi connectivity index (χ2v) is 11.1. The Morgan fingerprint density at radius 3 is 2.55 bits per heavy atom. The molecular weight excluding hydrogens is 390 g/mol. The number of piperidine rings is 1. The fourth-order valence-corrected chi connectivity index (χ4v) is 6.99. The number of carbonyl (C=O) groups is 1. The van der Waals surface area contributed by atoms with E-state index in [2.05, 4.69) is 33.8 Å². The van der Waals surface area contributed by atoms with Crippen molar-refractivity contribution in [1.82, 2.24) is 14.5 Å². The Morgan fingerprint density at radius 1 is 1.16 bits per heavy atom. The number of hydrogen-bond donors (Lipinski definition) is 1. The Kier molecular flexibility index (Phi) is 3.96. The zero-order valence-corrected chi connectivity index (χ0v) is 18.5. The van der Waals surface area contributed by atoms with Gasteiger partial charge in [-0.1, -0.05) is 24.3 Å². The first-order valence-electron chi connectivity index (χ1n) is 11.6. The van der Waals surface area contributed by atoms with Crippen molar-refractivity contribution in [2.75, 3.05) is 0 Å². The van der Waals surface area contributed by atoms with Gasteiger partial charge in [-0.3, -0.25) is 0 Å². The molecule has 31 heavy (non-hydrogen) atoms. The van der Waals surface area contributed by atoms with Crippen LogP contribution < -0.4 is 0 Å². The van der Waals surface area contributed by atoms with Gasteiger partial charge in [0, 0.05) is 29.0 Å². The Labute approximate surface area is 183 Å². The van der Waals surface area contributed by atoms with E-state index in [0.717, 1.165) is 37.8 Å². The molecule has 1 aromatic heterocycles. The average Bonchev–Trinajstić information content (AvgIpc) is 3.37. The average molecular weight is 422 g/mol. The van der Waals surface area contributed by atoms with Crippen molar-refractivity contribution in [2.24, 2.45) is 11.3 Å². The van der Waals surface area contributed by atoms with Crippen molar-refractivity contribution in [3.63, 3.8) is 0 Å². The smallest absolute Gasteiger partial charge is 0.410 e. The molecule has 3 aliphatic heterocycles. The summed E-state index contributed by atoms with van der Waals surface area (Å²) in [5, 5.41) is 11.5. The largest absolute Gasteiger partial charge is 0.444 e. The normalized spacial score (nSPS) is 35.6. The van der Waals surface area contributed by atoms with E-state index in [-0.39, 0.29) is 41.7 Å². The zero-order chi connectivity index (χ0) is 21.5. The van der Waals surface area contributed by atoms with E-state index in [4.69, 9.17) is 4.74 Å². The maximum atomic E-state index is 12.8. The molecule has 1 aliphatic carbocycles. The van der Waals surface area contributed by atoms with Gasteiger partial charge in [-0.15, -0.1) is 0 Å². The van der Waals surface area contributed by atoms with Crippen LogP contribution in [-0.4, -0.2) is 49.4 Å². The van der Waals surface area contributed by atoms with Crippen LogP contribution in [0.4, 0.5) is 4.79 Å². The third kappa shape index (κ3) is 2.73. The van der Waals surface area contributed by atoms with E-state index >= 15 is 0 Å². The molecule has 6 heteroatoms. The predicted octanol–water partition coefficient (Wildman–Crippen LogP) is 4.38. The van der Waals surface area contributed by atoms with Crippen LogP contribution in [0.5, 0.6) is 0 Å². The lowest BCUT2D eigenvalue weighted by Gasteiger charge is -2.59. The molecule has 1 unspecified atom stereocenters. The van der Waals surface area contributed by atoms with Crippen molar-refractivity contribution in [3.8, 4) is 11.3 Å². The van der Waals surface area contributed by atoms with Crippen LogP contribution in [-0.2, 0) is 4.74 Å². The van der Waals surface area contributed by atoms with Crippen molar-refractivity contribution >= 4 is 6.09 Å². The monoisotopic (exact) mass is 421 g/mol. The molecule has 4 aliphatic rings. The highest BCUT2D eigenvalue weighted by Gasteiger charge is 2.63. The first-order valence-corrected chi connectivity index (χ1v) is 11.6. The number of imidazole rings is 1. The van der Waals surface area contributed by atoms with Gasteiger partial charge in [0.25, 0.3) is 0 Å². The summed E-state index contributed by atoms with van der Waals surface area (Å²) in [6.07, 6.45) is 8.08. The molecule has 3 fully saturated rings. The van der Waals surface area contributed by atoms with Crippen molar-refractivity contribution in [2.45, 2.75) is 82.7 Å². The lowest BCUT2D eigenvalue weighted by molar-refractivity contribution is -0.168. The molecule has 2 aromatic rings. The third-order valence-corrected chi connectivity index (χ3v) is 8.11. The summed E-state index contributed by atoms with van der Waals surface area (Å²) in [6, 6.07) is 9.03. The second-order valence-electron chi connectivity index (χ2n) is 11.1. The van der Waals surface area contributed by atoms with E-state index in [9.17, 15) is 9.90 Å². The summed E-state index contributed by atoms with van der Waals surface area (Å²) in [5.74, 6) is 0.184. The van der Waals surface area contributed by atoms with Gasteiger partial charge in [0.1, 0.15) is 5.60 Å². The predicted molar refractivity (Wildman–Crippen MR) is 116 cm³/mol. The van der Waals surface area contributed by atoms with Gasteiger partial charge in [-0.05, 0) is 58.4 Å². The minimum Gasteiger partial charge on any atom is -0.444 e. The van der Waals surface area contributed by atoms with Crippen LogP contribution in [0, 0.1) is 11.3 Å². The van der Waals surface area contributed by atoms with Gasteiger partial charge in [0.05, 0.1) is 30.4 Å². The molecule has 0 radical (unpaired) electrons. The first kappa shape index (κ1) is 19.4. The fraction of sp³-hybridized carbons (Fsp3) is 0.600. The molecule has 1 spiro atoms. The van der Waals surface area contributed by atoms with Gasteiger partial charge in [-0.25, -0.2) is 9.78 Å². The fourth-order valence-electron chi connectivity index (χ4n) is 6.99. The second kappa shape index (κ2) is 6.35. The zero-order valence-electron chi connectivity index (χ0n) is 18.5. The number of nitrogens with zero attached hydrogens (tertiary/aromatic N) is 3. The summed E-state index contributed by atoms with van der Waals surface area (Å²) in [7, 11) is 0. The Bertz CT molecular complexity index is 1020. The minimum absolute atomic E-state index is 0.0761. The van der Waals surface area contributed by atoms with E-state index in [1.165, 1.54) is 11.1 Å². The van der Waals surface area contributed by atoms with Crippen LogP contribution in [0.2, 0.25) is 0 Å². The number of fused-ring (bicyclic) bond motifs is 5. The maximum absolute atomic E-state index is 12.8. The number of ether oxygens (including phenoxy) is 1. The Hall–Kier alpha value is -2.34. The van der Waals surface area contributed by atoms with Gasteiger partial charge in [-0.2, -0.15) is 0 Å². The van der Waals surface area contributed by atoms with Crippen LogP contribution in [0.3, 0.4) is 0 Å². The topological polar surface area (TPSA) is 67.6 Å². The highest BCUT2D eigenvalue weighted by Crippen LogP contribution is 2.63. The third-order valence-electron chi connectivity index (χ3n) is 8.11. The number of aliphatic hydroxyl groups is 1. The summed E-state index contributed by atoms with van der Waals surface area (Å²) in [6.45, 7) is 5.76. The number of rotatable bonds is 1. The standard InChI is InChI=1S/C25H31N3O3/c1-24(2,3)31-23(30)28-15-8-9-16(28)11-25(10-15)12-19(22(25)29)21-18-7-5-4-6-17(18)20-13-26-14-27(20)21/h4-7,13-16,19,21-22,29H,8-12H2,1-3H3/t15-,16+,19-,21+,22+,25?/m1/s1. The SMILES string of the molecule is CC(C)(C)OC(=O)N1[C@@H]2CC[C@H]1CC1(C[C@H]([C@@H]3c4ccccc4-c4cncn43)[C@@H]1O)C2. The molecule has 1 amide bonds. The van der Waals surface area contributed by atoms with Crippen LogP contribution in [0.15, 0.2) is 36.8 Å². The Morgan fingerprint density at radius 2 is 1.87 bits per heavy atom. The molecule has 6 rings (SSSR count). The van der Waals surface area contributed by atoms with Crippen molar-refractivity contribution in [1.29, 1.82) is 0 Å². The molecule has 164 valence electrons. The van der Waals surface area contributed by atoms with E-state index in [1.807, 2.05) is 38.2 Å². The Balaban J connectivity index is 1.23. The first-order chi connectivity index (χ1) is 14.8. The molecule has 2 saturated heterocycles. The molecule has 6 nitrogen and oxygen atoms in total. The number of aliphatic hydroxyl groups excluding tert-OH is 1. The van der Waals surface area contributed by atoms with Crippen LogP contribution in [0.25, 0.3) is 11.3 Å². The summed E-state index contributed by atoms with van der Waals surface area (Å²) < 4.78 is 7.94. The van der Waals surface area contributed by atoms with E-state index < -0.39 is 5.60 Å². The molecular formula is C25H31N3O3. The highest BCUT2D eigenvalue weighted by atomic mass is 16.6. The molecule has 6 atom stereocenters. The quantitative estimate of drug-likeness (QED) is 0.742. The van der Waals surface area contributed by atoms with Gasteiger partial charge in [0.15, 0.2) is 0 Å².